The number of carbonyl (C=O) groups is 1. The highest BCUT2D eigenvalue weighted by Gasteiger charge is 2.24. The highest BCUT2D eigenvalue weighted by atomic mass is 35.5. The van der Waals surface area contributed by atoms with E-state index >= 15 is 0 Å². The summed E-state index contributed by atoms with van der Waals surface area (Å²) in [6.45, 7) is 0.611. The summed E-state index contributed by atoms with van der Waals surface area (Å²) in [5, 5.41) is 3.53. The van der Waals surface area contributed by atoms with Gasteiger partial charge in [0, 0.05) is 18.5 Å². The molecule has 19 heavy (non-hydrogen) atoms. The van der Waals surface area contributed by atoms with Crippen LogP contribution in [0.15, 0.2) is 18.2 Å². The second-order valence-corrected chi connectivity index (χ2v) is 5.49. The summed E-state index contributed by atoms with van der Waals surface area (Å²) in [5.74, 6) is -0.567. The number of hydrogen-bond acceptors (Lipinski definition) is 2. The van der Waals surface area contributed by atoms with Crippen molar-refractivity contribution in [1.82, 2.24) is 5.32 Å². The van der Waals surface area contributed by atoms with E-state index in [2.05, 4.69) is 5.32 Å². The number of rotatable bonds is 4. The Hall–Kier alpha value is -1.13. The van der Waals surface area contributed by atoms with Crippen molar-refractivity contribution in [2.24, 2.45) is 11.7 Å². The van der Waals surface area contributed by atoms with E-state index in [0.29, 0.717) is 12.6 Å². The lowest BCUT2D eigenvalue weighted by atomic mass is 9.85. The van der Waals surface area contributed by atoms with Gasteiger partial charge in [-0.05, 0) is 43.4 Å². The van der Waals surface area contributed by atoms with Gasteiger partial charge in [-0.1, -0.05) is 17.7 Å². The maximum atomic E-state index is 13.3. The van der Waals surface area contributed by atoms with Crippen molar-refractivity contribution in [2.45, 2.75) is 38.3 Å². The first-order valence-electron chi connectivity index (χ1n) is 6.53. The first kappa shape index (κ1) is 14.3. The maximum absolute atomic E-state index is 13.3. The van der Waals surface area contributed by atoms with Crippen molar-refractivity contribution in [2.75, 3.05) is 0 Å². The average Bonchev–Trinajstić information content (AvgIpc) is 2.40. The second kappa shape index (κ2) is 6.35. The minimum absolute atomic E-state index is 0.0195. The van der Waals surface area contributed by atoms with Gasteiger partial charge in [0.1, 0.15) is 5.82 Å². The Labute approximate surface area is 117 Å². The third-order valence-electron chi connectivity index (χ3n) is 3.71. The summed E-state index contributed by atoms with van der Waals surface area (Å²) in [6, 6.07) is 5.20. The molecule has 0 atom stereocenters. The average molecular weight is 285 g/mol. The van der Waals surface area contributed by atoms with Crippen LogP contribution in [0.4, 0.5) is 4.39 Å². The monoisotopic (exact) mass is 284 g/mol. The zero-order chi connectivity index (χ0) is 13.8. The van der Waals surface area contributed by atoms with Crippen molar-refractivity contribution in [3.8, 4) is 0 Å². The first-order chi connectivity index (χ1) is 9.06. The molecular weight excluding hydrogens is 267 g/mol. The van der Waals surface area contributed by atoms with Crippen LogP contribution in [0.3, 0.4) is 0 Å². The molecule has 1 aromatic carbocycles. The lowest BCUT2D eigenvalue weighted by molar-refractivity contribution is -0.122. The zero-order valence-corrected chi connectivity index (χ0v) is 11.4. The van der Waals surface area contributed by atoms with E-state index in [-0.39, 0.29) is 16.8 Å². The molecule has 0 bridgehead atoms. The number of halogens is 2. The molecule has 104 valence electrons. The smallest absolute Gasteiger partial charge is 0.220 e. The molecule has 1 amide bonds. The fraction of sp³-hybridized carbons (Fsp3) is 0.500. The van der Waals surface area contributed by atoms with Crippen molar-refractivity contribution in [3.63, 3.8) is 0 Å². The molecule has 3 nitrogen and oxygen atoms in total. The molecule has 2 rings (SSSR count). The van der Waals surface area contributed by atoms with Crippen LogP contribution in [0, 0.1) is 11.7 Å². The van der Waals surface area contributed by atoms with Gasteiger partial charge in [-0.3, -0.25) is 4.79 Å². The SMILES string of the molecule is NC(=O)C1CCC(NCc2ccc(Cl)c(F)c2)CC1. The molecule has 3 N–H and O–H groups in total. The van der Waals surface area contributed by atoms with Gasteiger partial charge in [0.05, 0.1) is 5.02 Å². The van der Waals surface area contributed by atoms with E-state index in [9.17, 15) is 9.18 Å². The predicted octanol–water partition coefficient (Wildman–Crippen LogP) is 2.61. The van der Waals surface area contributed by atoms with E-state index in [1.165, 1.54) is 6.07 Å². The number of amides is 1. The summed E-state index contributed by atoms with van der Waals surface area (Å²) in [4.78, 5) is 11.1. The van der Waals surface area contributed by atoms with Gasteiger partial charge in [-0.2, -0.15) is 0 Å². The second-order valence-electron chi connectivity index (χ2n) is 5.08. The third kappa shape index (κ3) is 3.91. The topological polar surface area (TPSA) is 55.1 Å². The summed E-state index contributed by atoms with van der Waals surface area (Å²) in [7, 11) is 0. The van der Waals surface area contributed by atoms with Gasteiger partial charge in [0.25, 0.3) is 0 Å². The quantitative estimate of drug-likeness (QED) is 0.893. The maximum Gasteiger partial charge on any atom is 0.220 e. The lowest BCUT2D eigenvalue weighted by Gasteiger charge is -2.27. The number of hydrogen-bond donors (Lipinski definition) is 2. The molecule has 0 heterocycles. The Morgan fingerprint density at radius 3 is 2.63 bits per heavy atom. The Morgan fingerprint density at radius 2 is 2.05 bits per heavy atom. The van der Waals surface area contributed by atoms with Crippen LogP contribution in [-0.4, -0.2) is 11.9 Å². The molecule has 0 aliphatic heterocycles. The molecule has 0 saturated heterocycles. The van der Waals surface area contributed by atoms with Gasteiger partial charge in [-0.15, -0.1) is 0 Å². The summed E-state index contributed by atoms with van der Waals surface area (Å²) in [6.07, 6.45) is 3.54. The van der Waals surface area contributed by atoms with Gasteiger partial charge < -0.3 is 11.1 Å². The van der Waals surface area contributed by atoms with Crippen LogP contribution in [-0.2, 0) is 11.3 Å². The Morgan fingerprint density at radius 1 is 1.37 bits per heavy atom. The standard InChI is InChI=1S/C14H18ClFN2O/c15-12-6-1-9(7-13(12)16)8-18-11-4-2-10(3-5-11)14(17)19/h1,6-7,10-11,18H,2-5,8H2,(H2,17,19). The van der Waals surface area contributed by atoms with Crippen molar-refractivity contribution >= 4 is 17.5 Å². The molecule has 5 heteroatoms. The molecule has 1 aliphatic carbocycles. The van der Waals surface area contributed by atoms with Gasteiger partial charge in [0.15, 0.2) is 0 Å². The minimum atomic E-state index is -0.390. The van der Waals surface area contributed by atoms with Crippen LogP contribution < -0.4 is 11.1 Å². The largest absolute Gasteiger partial charge is 0.369 e. The molecule has 1 fully saturated rings. The molecule has 0 spiro atoms. The van der Waals surface area contributed by atoms with Crippen LogP contribution in [0.25, 0.3) is 0 Å². The van der Waals surface area contributed by atoms with Crippen molar-refractivity contribution in [3.05, 3.63) is 34.6 Å². The molecule has 0 unspecified atom stereocenters. The fourth-order valence-corrected chi connectivity index (χ4v) is 2.61. The minimum Gasteiger partial charge on any atom is -0.369 e. The zero-order valence-electron chi connectivity index (χ0n) is 10.7. The lowest BCUT2D eigenvalue weighted by Crippen LogP contribution is -2.36. The van der Waals surface area contributed by atoms with Crippen LogP contribution in [0.2, 0.25) is 5.02 Å². The Bertz CT molecular complexity index is 459. The van der Waals surface area contributed by atoms with Gasteiger partial charge >= 0.3 is 0 Å². The molecule has 1 aliphatic rings. The number of nitrogens with one attached hydrogen (secondary N) is 1. The molecule has 0 radical (unpaired) electrons. The highest BCUT2D eigenvalue weighted by Crippen LogP contribution is 2.24. The van der Waals surface area contributed by atoms with Gasteiger partial charge in [-0.25, -0.2) is 4.39 Å². The summed E-state index contributed by atoms with van der Waals surface area (Å²) in [5.41, 5.74) is 6.17. The summed E-state index contributed by atoms with van der Waals surface area (Å²) >= 11 is 5.64. The van der Waals surface area contributed by atoms with E-state index in [0.717, 1.165) is 31.2 Å². The third-order valence-corrected chi connectivity index (χ3v) is 4.01. The normalized spacial score (nSPS) is 23.3. The first-order valence-corrected chi connectivity index (χ1v) is 6.90. The van der Waals surface area contributed by atoms with E-state index in [1.54, 1.807) is 6.07 Å². The van der Waals surface area contributed by atoms with Crippen LogP contribution in [0.5, 0.6) is 0 Å². The number of primary amides is 1. The van der Waals surface area contributed by atoms with Crippen molar-refractivity contribution in [1.29, 1.82) is 0 Å². The fourth-order valence-electron chi connectivity index (χ4n) is 2.49. The van der Waals surface area contributed by atoms with E-state index < -0.39 is 5.82 Å². The Kier molecular flexibility index (Phi) is 4.77. The molecular formula is C14H18ClFN2O. The number of carbonyl (C=O) groups excluding carboxylic acids is 1. The van der Waals surface area contributed by atoms with E-state index in [4.69, 9.17) is 17.3 Å². The number of benzene rings is 1. The van der Waals surface area contributed by atoms with Crippen LogP contribution in [0.1, 0.15) is 31.2 Å². The predicted molar refractivity (Wildman–Crippen MR) is 73.2 cm³/mol. The molecule has 0 aromatic heterocycles. The Balaban J connectivity index is 1.80. The summed E-state index contributed by atoms with van der Waals surface area (Å²) < 4.78 is 13.3. The van der Waals surface area contributed by atoms with Gasteiger partial charge in [0.2, 0.25) is 5.91 Å². The van der Waals surface area contributed by atoms with Crippen molar-refractivity contribution < 1.29 is 9.18 Å². The van der Waals surface area contributed by atoms with Crippen LogP contribution >= 0.6 is 11.6 Å². The number of nitrogens with two attached hydrogens (primary N) is 1. The van der Waals surface area contributed by atoms with E-state index in [1.807, 2.05) is 6.07 Å². The molecule has 1 saturated carbocycles. The molecule has 1 aromatic rings. The highest BCUT2D eigenvalue weighted by molar-refractivity contribution is 6.30.